The van der Waals surface area contributed by atoms with Gasteiger partial charge in [0, 0.05) is 103 Å². The fourth-order valence-electron chi connectivity index (χ4n) is 10.2. The van der Waals surface area contributed by atoms with E-state index in [0.29, 0.717) is 128 Å². The summed E-state index contributed by atoms with van der Waals surface area (Å²) in [6.07, 6.45) is 9.63. The maximum Gasteiger partial charge on any atom is 0.407 e. The van der Waals surface area contributed by atoms with E-state index in [-0.39, 0.29) is 142 Å². The molecule has 0 spiro atoms. The van der Waals surface area contributed by atoms with Gasteiger partial charge < -0.3 is 88.7 Å². The quantitative estimate of drug-likeness (QED) is 0.0279. The van der Waals surface area contributed by atoms with Crippen molar-refractivity contribution in [3.8, 4) is 23.7 Å². The number of rotatable bonds is 51. The number of alkyl carbamates (subject to hydrolysis) is 2. The van der Waals surface area contributed by atoms with Gasteiger partial charge in [0.1, 0.15) is 0 Å². The molecule has 88 heavy (non-hydrogen) atoms. The SMILES string of the molecule is O=C(CCOCC(COCCC(=O)NCCOCCOCCOCCNC(=O)OCC1[C@H]2CCC#CCC[C@@H]12)NC(=O)CCOCCOCCNC(=O)CCN1C(=O)C=CC1=O)NCCOCCOCCOCCNC(=O)OCC1[C@H]2CCC#CCC[C@@H]12. The lowest BCUT2D eigenvalue weighted by Gasteiger charge is -2.19. The van der Waals surface area contributed by atoms with E-state index in [2.05, 4.69) is 55.6 Å². The minimum Gasteiger partial charge on any atom is -0.449 e. The summed E-state index contributed by atoms with van der Waals surface area (Å²) < 4.78 is 66.5. The van der Waals surface area contributed by atoms with Crippen LogP contribution in [0, 0.1) is 59.2 Å². The number of ether oxygens (including phenoxy) is 12. The van der Waals surface area contributed by atoms with E-state index < -0.39 is 30.0 Å². The van der Waals surface area contributed by atoms with E-state index in [0.717, 1.165) is 68.4 Å². The van der Waals surface area contributed by atoms with E-state index >= 15 is 0 Å². The number of hydrogen-bond acceptors (Lipinski definition) is 20. The highest BCUT2D eigenvalue weighted by molar-refractivity contribution is 6.13. The lowest BCUT2D eigenvalue weighted by atomic mass is 10.1. The summed E-state index contributed by atoms with van der Waals surface area (Å²) in [5.74, 6) is 14.1. The standard InChI is InChI=1S/C61H95N7O20/c69-54(15-24-68-58(73)13-14-59(68)74)62-19-28-78-34-33-77-25-18-57(72)67-47(43-85-26-16-55(70)63-20-29-79-35-39-83-41-37-81-31-22-65-60(75)87-45-52-48-9-5-1-2-6-10-49(48)52)44-86-27-17-56(71)64-21-30-80-36-40-84-42-38-82-32-23-66-61(76)88-46-53-50-11-7-3-4-8-12-51(50)53/h13-14,47-53H,5-12,15-46H2,(H,62,69)(H,63,70)(H,64,71)(H,65,75)(H,66,76)(H,67,72)/t47?,48-,49+,50-,51+,52?,53?. The Morgan fingerprint density at radius 1 is 0.398 bits per heavy atom. The number of carbonyl (C=O) groups excluding carboxylic acids is 8. The maximum atomic E-state index is 12.9. The van der Waals surface area contributed by atoms with Crippen LogP contribution in [0.2, 0.25) is 0 Å². The molecule has 27 nitrogen and oxygen atoms in total. The van der Waals surface area contributed by atoms with Crippen molar-refractivity contribution in [2.45, 2.75) is 83.1 Å². The molecule has 5 aliphatic rings. The zero-order valence-corrected chi connectivity index (χ0v) is 51.1. The van der Waals surface area contributed by atoms with Crippen LogP contribution < -0.4 is 31.9 Å². The van der Waals surface area contributed by atoms with Gasteiger partial charge in [-0.3, -0.25) is 33.7 Å². The highest BCUT2D eigenvalue weighted by atomic mass is 16.6. The van der Waals surface area contributed by atoms with E-state index in [9.17, 15) is 38.4 Å². The summed E-state index contributed by atoms with van der Waals surface area (Å²) in [6, 6.07) is -0.602. The summed E-state index contributed by atoms with van der Waals surface area (Å²) >= 11 is 0. The van der Waals surface area contributed by atoms with Crippen LogP contribution in [0.1, 0.15) is 77.0 Å². The summed E-state index contributed by atoms with van der Waals surface area (Å²) in [5, 5.41) is 16.5. The molecule has 2 unspecified atom stereocenters. The van der Waals surface area contributed by atoms with Crippen LogP contribution in [0.4, 0.5) is 9.59 Å². The van der Waals surface area contributed by atoms with Gasteiger partial charge in [-0.1, -0.05) is 0 Å². The number of hydrogen-bond donors (Lipinski definition) is 6. The highest BCUT2D eigenvalue weighted by Gasteiger charge is 2.50. The molecule has 0 radical (unpaired) electrons. The van der Waals surface area contributed by atoms with E-state index in [1.54, 1.807) is 0 Å². The molecule has 0 saturated heterocycles. The van der Waals surface area contributed by atoms with Gasteiger partial charge in [0.25, 0.3) is 11.8 Å². The Morgan fingerprint density at radius 2 is 0.705 bits per heavy atom. The second-order valence-corrected chi connectivity index (χ2v) is 21.4. The first-order valence-corrected chi connectivity index (χ1v) is 31.2. The Labute approximate surface area is 517 Å². The molecular weight excluding hydrogens is 1150 g/mol. The number of carbonyl (C=O) groups is 8. The van der Waals surface area contributed by atoms with Crippen LogP contribution in [0.3, 0.4) is 0 Å². The Hall–Kier alpha value is -5.98. The normalized spacial score (nSPS) is 20.0. The average Bonchev–Trinajstić information content (AvgIpc) is 3.42. The second-order valence-electron chi connectivity index (χ2n) is 21.4. The summed E-state index contributed by atoms with van der Waals surface area (Å²) in [5.41, 5.74) is 0. The lowest BCUT2D eigenvalue weighted by Crippen LogP contribution is -2.42. The summed E-state index contributed by atoms with van der Waals surface area (Å²) in [7, 11) is 0. The Bertz CT molecular complexity index is 2090. The highest BCUT2D eigenvalue weighted by Crippen LogP contribution is 2.53. The van der Waals surface area contributed by atoms with Crippen LogP contribution in [0.15, 0.2) is 12.2 Å². The molecule has 8 amide bonds. The molecular formula is C61H95N7O20. The molecule has 27 heteroatoms. The van der Waals surface area contributed by atoms with Gasteiger partial charge >= 0.3 is 12.2 Å². The maximum absolute atomic E-state index is 12.9. The number of nitrogens with zero attached hydrogens (tertiary/aromatic N) is 1. The van der Waals surface area contributed by atoms with Crippen LogP contribution in [-0.4, -0.2) is 243 Å². The third-order valence-corrected chi connectivity index (χ3v) is 15.0. The number of nitrogens with one attached hydrogen (secondary N) is 6. The van der Waals surface area contributed by atoms with Gasteiger partial charge in [-0.05, 0) is 61.2 Å². The molecule has 4 aliphatic carbocycles. The summed E-state index contributed by atoms with van der Waals surface area (Å²) in [4.78, 5) is 98.3. The van der Waals surface area contributed by atoms with Crippen molar-refractivity contribution in [2.75, 3.05) is 185 Å². The van der Waals surface area contributed by atoms with Crippen LogP contribution in [0.5, 0.6) is 0 Å². The first-order chi connectivity index (χ1) is 43.1. The first-order valence-electron chi connectivity index (χ1n) is 31.2. The first kappa shape index (κ1) is 72.8. The third-order valence-electron chi connectivity index (χ3n) is 15.0. The Balaban J connectivity index is 0.821. The van der Waals surface area contributed by atoms with E-state index in [1.807, 2.05) is 0 Å². The smallest absolute Gasteiger partial charge is 0.407 e. The van der Waals surface area contributed by atoms with Crippen molar-refractivity contribution >= 4 is 47.6 Å². The third kappa shape index (κ3) is 33.6. The molecule has 2 fully saturated rings. The van der Waals surface area contributed by atoms with Gasteiger partial charge in [-0.2, -0.15) is 0 Å². The number of fused-ring (bicyclic) bond motifs is 2. The molecule has 494 valence electrons. The fraction of sp³-hybridized carbons (Fsp3) is 0.770. The van der Waals surface area contributed by atoms with Gasteiger partial charge in [0.15, 0.2) is 0 Å². The van der Waals surface area contributed by atoms with Gasteiger partial charge in [-0.25, -0.2) is 9.59 Å². The number of amides is 8. The molecule has 0 aromatic rings. The minimum absolute atomic E-state index is 0.00810. The lowest BCUT2D eigenvalue weighted by molar-refractivity contribution is -0.137. The predicted molar refractivity (Wildman–Crippen MR) is 316 cm³/mol. The molecule has 1 aliphatic heterocycles. The topological polar surface area (TPSA) is 323 Å². The monoisotopic (exact) mass is 1250 g/mol. The molecule has 6 atom stereocenters. The van der Waals surface area contributed by atoms with Crippen molar-refractivity contribution < 1.29 is 95.2 Å². The van der Waals surface area contributed by atoms with Crippen LogP contribution in [-0.2, 0) is 85.6 Å². The largest absolute Gasteiger partial charge is 0.449 e. The van der Waals surface area contributed by atoms with Crippen molar-refractivity contribution in [2.24, 2.45) is 35.5 Å². The Kier molecular flexibility index (Phi) is 38.2. The molecule has 0 aromatic carbocycles. The van der Waals surface area contributed by atoms with E-state index in [1.165, 1.54) is 0 Å². The van der Waals surface area contributed by atoms with Crippen molar-refractivity contribution in [1.29, 1.82) is 0 Å². The minimum atomic E-state index is -0.602. The average molecular weight is 1250 g/mol. The van der Waals surface area contributed by atoms with Gasteiger partial charge in [0.05, 0.1) is 151 Å². The summed E-state index contributed by atoms with van der Waals surface area (Å²) in [6.45, 7) is 7.26. The predicted octanol–water partition coefficient (Wildman–Crippen LogP) is 0.803. The molecule has 0 aromatic heterocycles. The van der Waals surface area contributed by atoms with Crippen molar-refractivity contribution in [3.63, 3.8) is 0 Å². The Morgan fingerprint density at radius 3 is 1.08 bits per heavy atom. The van der Waals surface area contributed by atoms with Crippen LogP contribution in [0.25, 0.3) is 0 Å². The zero-order valence-electron chi connectivity index (χ0n) is 51.1. The molecule has 0 bridgehead atoms. The zero-order chi connectivity index (χ0) is 62.5. The fourth-order valence-corrected chi connectivity index (χ4v) is 10.2. The second kappa shape index (κ2) is 46.2. The number of imide groups is 1. The molecule has 5 rings (SSSR count). The van der Waals surface area contributed by atoms with Crippen molar-refractivity contribution in [1.82, 2.24) is 36.8 Å². The molecule has 6 N–H and O–H groups in total. The van der Waals surface area contributed by atoms with Gasteiger partial charge in [-0.15, -0.1) is 23.7 Å². The van der Waals surface area contributed by atoms with Crippen molar-refractivity contribution in [3.05, 3.63) is 12.2 Å². The molecule has 2 saturated carbocycles. The van der Waals surface area contributed by atoms with E-state index in [4.69, 9.17) is 56.8 Å². The van der Waals surface area contributed by atoms with Crippen LogP contribution >= 0.6 is 0 Å². The molecule has 1 heterocycles. The van der Waals surface area contributed by atoms with Gasteiger partial charge in [0.2, 0.25) is 23.6 Å².